The molecule has 0 radical (unpaired) electrons. The molecule has 0 aliphatic heterocycles. The van der Waals surface area contributed by atoms with Crippen LogP contribution >= 0.6 is 0 Å². The van der Waals surface area contributed by atoms with Gasteiger partial charge in [-0.2, -0.15) is 5.10 Å². The quantitative estimate of drug-likeness (QED) is 0.849. The van der Waals surface area contributed by atoms with Gasteiger partial charge in [-0.1, -0.05) is 13.8 Å². The molecular formula is C16H22N4O. The molecule has 5 heteroatoms. The maximum Gasteiger partial charge on any atom is 0.228 e. The van der Waals surface area contributed by atoms with Gasteiger partial charge >= 0.3 is 0 Å². The first-order valence-corrected chi connectivity index (χ1v) is 7.27. The second-order valence-corrected chi connectivity index (χ2v) is 5.49. The molecule has 5 nitrogen and oxygen atoms in total. The van der Waals surface area contributed by atoms with E-state index in [4.69, 9.17) is 0 Å². The van der Waals surface area contributed by atoms with Crippen LogP contribution in [0.15, 0.2) is 30.6 Å². The van der Waals surface area contributed by atoms with Crippen molar-refractivity contribution in [3.8, 4) is 11.3 Å². The third-order valence-corrected chi connectivity index (χ3v) is 3.29. The monoisotopic (exact) mass is 286 g/mol. The predicted octanol–water partition coefficient (Wildman–Crippen LogP) is 2.88. The van der Waals surface area contributed by atoms with Crippen LogP contribution in [0, 0.1) is 5.92 Å². The number of pyridine rings is 1. The highest BCUT2D eigenvalue weighted by Crippen LogP contribution is 2.24. The minimum atomic E-state index is 0.133. The van der Waals surface area contributed by atoms with Crippen LogP contribution in [0.5, 0.6) is 0 Å². The summed E-state index contributed by atoms with van der Waals surface area (Å²) in [4.78, 5) is 18.2. The van der Waals surface area contributed by atoms with Crippen LogP contribution in [0.2, 0.25) is 0 Å². The average Bonchev–Trinajstić information content (AvgIpc) is 2.82. The number of aromatic nitrogens is 3. The first-order valence-electron chi connectivity index (χ1n) is 7.27. The molecule has 0 fully saturated rings. The van der Waals surface area contributed by atoms with Crippen LogP contribution < -0.4 is 4.90 Å². The first kappa shape index (κ1) is 15.2. The molecule has 0 aliphatic rings. The maximum atomic E-state index is 12.4. The number of carbonyl (C=O) groups is 1. The van der Waals surface area contributed by atoms with Crippen molar-refractivity contribution in [2.45, 2.75) is 27.2 Å². The van der Waals surface area contributed by atoms with E-state index >= 15 is 0 Å². The van der Waals surface area contributed by atoms with Crippen molar-refractivity contribution in [3.05, 3.63) is 30.6 Å². The Morgan fingerprint density at radius 2 is 2.19 bits per heavy atom. The molecule has 21 heavy (non-hydrogen) atoms. The fourth-order valence-electron chi connectivity index (χ4n) is 2.29. The summed E-state index contributed by atoms with van der Waals surface area (Å²) in [6.45, 7) is 6.72. The molecule has 0 spiro atoms. The topological polar surface area (TPSA) is 51.0 Å². The van der Waals surface area contributed by atoms with Crippen LogP contribution in [0.25, 0.3) is 11.3 Å². The molecule has 2 aromatic heterocycles. The van der Waals surface area contributed by atoms with Crippen molar-refractivity contribution in [2.75, 3.05) is 11.4 Å². The van der Waals surface area contributed by atoms with Crippen molar-refractivity contribution < 1.29 is 4.79 Å². The number of carbonyl (C=O) groups excluding carboxylic acids is 1. The fraction of sp³-hybridized carbons (Fsp3) is 0.438. The minimum Gasteiger partial charge on any atom is -0.297 e. The lowest BCUT2D eigenvalue weighted by atomic mass is 10.1. The number of aryl methyl sites for hydroxylation is 1. The minimum absolute atomic E-state index is 0.133. The smallest absolute Gasteiger partial charge is 0.228 e. The van der Waals surface area contributed by atoms with Crippen molar-refractivity contribution >= 4 is 11.7 Å². The average molecular weight is 286 g/mol. The number of amides is 1. The zero-order chi connectivity index (χ0) is 15.4. The highest BCUT2D eigenvalue weighted by Gasteiger charge is 2.19. The fourth-order valence-corrected chi connectivity index (χ4v) is 2.29. The predicted molar refractivity (Wildman–Crippen MR) is 83.9 cm³/mol. The van der Waals surface area contributed by atoms with E-state index in [0.29, 0.717) is 18.9 Å². The van der Waals surface area contributed by atoms with Gasteiger partial charge in [-0.15, -0.1) is 0 Å². The van der Waals surface area contributed by atoms with E-state index < -0.39 is 0 Å². The number of rotatable bonds is 5. The van der Waals surface area contributed by atoms with Gasteiger partial charge in [0.2, 0.25) is 5.91 Å². The Balaban J connectivity index is 2.31. The van der Waals surface area contributed by atoms with Gasteiger partial charge in [0.25, 0.3) is 0 Å². The van der Waals surface area contributed by atoms with Crippen LogP contribution in [-0.2, 0) is 11.8 Å². The normalized spacial score (nSPS) is 10.9. The Labute approximate surface area is 125 Å². The Kier molecular flexibility index (Phi) is 4.73. The molecule has 0 saturated heterocycles. The Hall–Kier alpha value is -2.17. The van der Waals surface area contributed by atoms with Crippen LogP contribution in [0.4, 0.5) is 5.82 Å². The van der Waals surface area contributed by atoms with E-state index in [2.05, 4.69) is 23.9 Å². The molecule has 112 valence electrons. The molecule has 0 aromatic carbocycles. The van der Waals surface area contributed by atoms with Crippen LogP contribution in [0.1, 0.15) is 27.2 Å². The maximum absolute atomic E-state index is 12.4. The Morgan fingerprint density at radius 3 is 2.76 bits per heavy atom. The highest BCUT2D eigenvalue weighted by molar-refractivity contribution is 5.93. The summed E-state index contributed by atoms with van der Waals surface area (Å²) in [5.41, 5.74) is 1.78. The molecule has 0 N–H and O–H groups in total. The molecule has 0 atom stereocenters. The summed E-state index contributed by atoms with van der Waals surface area (Å²) in [5.74, 6) is 1.30. The van der Waals surface area contributed by atoms with Gasteiger partial charge in [0.05, 0.1) is 5.69 Å². The second-order valence-electron chi connectivity index (χ2n) is 5.49. The standard InChI is InChI=1S/C16H22N4O/c1-5-20(16(21)9-12(2)3)15-10-14(18-19(15)4)13-7-6-8-17-11-13/h6-8,10-12H,5,9H2,1-4H3. The molecule has 2 aromatic rings. The zero-order valence-electron chi connectivity index (χ0n) is 13.1. The van der Waals surface area contributed by atoms with Gasteiger partial charge in [-0.3, -0.25) is 19.4 Å². The SMILES string of the molecule is CCN(C(=O)CC(C)C)c1cc(-c2cccnc2)nn1C. The largest absolute Gasteiger partial charge is 0.297 e. The van der Waals surface area contributed by atoms with E-state index in [1.807, 2.05) is 32.2 Å². The zero-order valence-corrected chi connectivity index (χ0v) is 13.1. The third kappa shape index (κ3) is 3.48. The summed E-state index contributed by atoms with van der Waals surface area (Å²) in [6, 6.07) is 5.79. The summed E-state index contributed by atoms with van der Waals surface area (Å²) < 4.78 is 1.75. The summed E-state index contributed by atoms with van der Waals surface area (Å²) in [6.07, 6.45) is 4.05. The van der Waals surface area contributed by atoms with E-state index in [0.717, 1.165) is 17.1 Å². The van der Waals surface area contributed by atoms with E-state index in [1.54, 1.807) is 22.0 Å². The lowest BCUT2D eigenvalue weighted by molar-refractivity contribution is -0.119. The van der Waals surface area contributed by atoms with Crippen molar-refractivity contribution in [1.29, 1.82) is 0 Å². The lowest BCUT2D eigenvalue weighted by Gasteiger charge is -2.21. The van der Waals surface area contributed by atoms with Gasteiger partial charge in [0, 0.05) is 44.0 Å². The molecular weight excluding hydrogens is 264 g/mol. The second kappa shape index (κ2) is 6.52. The molecule has 2 heterocycles. The molecule has 0 unspecified atom stereocenters. The molecule has 0 aliphatic carbocycles. The number of hydrogen-bond acceptors (Lipinski definition) is 3. The van der Waals surface area contributed by atoms with E-state index in [-0.39, 0.29) is 5.91 Å². The van der Waals surface area contributed by atoms with E-state index in [9.17, 15) is 4.79 Å². The number of nitrogens with zero attached hydrogens (tertiary/aromatic N) is 4. The van der Waals surface area contributed by atoms with Crippen LogP contribution in [-0.4, -0.2) is 27.2 Å². The highest BCUT2D eigenvalue weighted by atomic mass is 16.2. The van der Waals surface area contributed by atoms with Crippen molar-refractivity contribution in [1.82, 2.24) is 14.8 Å². The number of hydrogen-bond donors (Lipinski definition) is 0. The summed E-state index contributed by atoms with van der Waals surface area (Å²) in [5, 5.41) is 4.49. The molecule has 0 saturated carbocycles. The van der Waals surface area contributed by atoms with Gasteiger partial charge in [-0.05, 0) is 25.0 Å². The third-order valence-electron chi connectivity index (χ3n) is 3.29. The van der Waals surface area contributed by atoms with Crippen molar-refractivity contribution in [2.24, 2.45) is 13.0 Å². The van der Waals surface area contributed by atoms with Gasteiger partial charge in [0.15, 0.2) is 0 Å². The molecule has 2 rings (SSSR count). The van der Waals surface area contributed by atoms with E-state index in [1.165, 1.54) is 0 Å². The molecule has 0 bridgehead atoms. The Bertz CT molecular complexity index is 604. The molecule has 1 amide bonds. The summed E-state index contributed by atoms with van der Waals surface area (Å²) in [7, 11) is 1.86. The van der Waals surface area contributed by atoms with Crippen molar-refractivity contribution in [3.63, 3.8) is 0 Å². The summed E-state index contributed by atoms with van der Waals surface area (Å²) >= 11 is 0. The van der Waals surface area contributed by atoms with Gasteiger partial charge in [-0.25, -0.2) is 0 Å². The van der Waals surface area contributed by atoms with Crippen LogP contribution in [0.3, 0.4) is 0 Å². The number of anilines is 1. The van der Waals surface area contributed by atoms with Gasteiger partial charge in [0.1, 0.15) is 5.82 Å². The Morgan fingerprint density at radius 1 is 1.43 bits per heavy atom. The first-order chi connectivity index (χ1) is 10.0. The van der Waals surface area contributed by atoms with Gasteiger partial charge < -0.3 is 0 Å². The lowest BCUT2D eigenvalue weighted by Crippen LogP contribution is -2.32.